The molecule has 3 nitrogen and oxygen atoms in total. The molecule has 0 amide bonds. The number of rotatable bonds is 3. The van der Waals surface area contributed by atoms with Crippen LogP contribution < -0.4 is 5.73 Å². The summed E-state index contributed by atoms with van der Waals surface area (Å²) in [7, 11) is 0. The van der Waals surface area contributed by atoms with Crippen LogP contribution in [0.2, 0.25) is 0 Å². The van der Waals surface area contributed by atoms with Crippen molar-refractivity contribution >= 4 is 22.7 Å². The fourth-order valence-electron chi connectivity index (χ4n) is 1.49. The van der Waals surface area contributed by atoms with Crippen molar-refractivity contribution in [3.05, 3.63) is 21.1 Å². The van der Waals surface area contributed by atoms with Crippen molar-refractivity contribution in [2.24, 2.45) is 5.73 Å². The maximum absolute atomic E-state index is 5.64. The molecule has 5 heteroatoms. The van der Waals surface area contributed by atoms with Crippen molar-refractivity contribution in [3.63, 3.8) is 0 Å². The summed E-state index contributed by atoms with van der Waals surface area (Å²) < 4.78 is 0. The highest BCUT2D eigenvalue weighted by Gasteiger charge is 2.13. The summed E-state index contributed by atoms with van der Waals surface area (Å²) in [6, 6.07) is 0. The van der Waals surface area contributed by atoms with Gasteiger partial charge < -0.3 is 5.73 Å². The first-order chi connectivity index (χ1) is 7.61. The van der Waals surface area contributed by atoms with Crippen LogP contribution >= 0.6 is 22.7 Å². The second-order valence-electron chi connectivity index (χ2n) is 3.86. The summed E-state index contributed by atoms with van der Waals surface area (Å²) in [5, 5.41) is 4.30. The molecule has 1 atom stereocenters. The summed E-state index contributed by atoms with van der Waals surface area (Å²) in [6.45, 7) is 6.81. The smallest absolute Gasteiger partial charge is 0.0973 e. The minimum atomic E-state index is 0.341. The molecule has 1 unspecified atom stereocenters. The van der Waals surface area contributed by atoms with Gasteiger partial charge in [0.25, 0.3) is 0 Å². The summed E-state index contributed by atoms with van der Waals surface area (Å²) in [6.07, 6.45) is 0. The zero-order valence-corrected chi connectivity index (χ0v) is 11.3. The predicted molar refractivity (Wildman–Crippen MR) is 70.2 cm³/mol. The zero-order valence-electron chi connectivity index (χ0n) is 9.65. The molecular weight excluding hydrogens is 238 g/mol. The van der Waals surface area contributed by atoms with Gasteiger partial charge in [-0.2, -0.15) is 0 Å². The lowest BCUT2D eigenvalue weighted by atomic mass is 10.2. The molecule has 0 aromatic carbocycles. The van der Waals surface area contributed by atoms with Crippen LogP contribution in [0.1, 0.15) is 28.6 Å². The highest BCUT2D eigenvalue weighted by Crippen LogP contribution is 2.32. The van der Waals surface area contributed by atoms with Crippen LogP contribution in [0.25, 0.3) is 10.6 Å². The van der Waals surface area contributed by atoms with Crippen molar-refractivity contribution in [2.75, 3.05) is 6.54 Å². The lowest BCUT2D eigenvalue weighted by molar-refractivity contribution is 0.767. The summed E-state index contributed by atoms with van der Waals surface area (Å²) in [4.78, 5) is 10.2. The van der Waals surface area contributed by atoms with Gasteiger partial charge in [0.1, 0.15) is 0 Å². The fraction of sp³-hybridized carbons (Fsp3) is 0.455. The third-order valence-corrected chi connectivity index (χ3v) is 4.60. The van der Waals surface area contributed by atoms with Crippen molar-refractivity contribution < 1.29 is 0 Å². The summed E-state index contributed by atoms with van der Waals surface area (Å²) in [5.74, 6) is 0.341. The Bertz CT molecular complexity index is 487. The molecule has 0 aliphatic heterocycles. The molecule has 0 fully saturated rings. The quantitative estimate of drug-likeness (QED) is 0.915. The Morgan fingerprint density at radius 3 is 2.69 bits per heavy atom. The predicted octanol–water partition coefficient (Wildman–Crippen LogP) is 2.95. The monoisotopic (exact) mass is 253 g/mol. The lowest BCUT2D eigenvalue weighted by Crippen LogP contribution is -2.08. The van der Waals surface area contributed by atoms with Crippen molar-refractivity contribution in [1.82, 2.24) is 9.97 Å². The molecule has 0 radical (unpaired) electrons. The van der Waals surface area contributed by atoms with E-state index in [-0.39, 0.29) is 0 Å². The summed E-state index contributed by atoms with van der Waals surface area (Å²) >= 11 is 3.38. The topological polar surface area (TPSA) is 51.8 Å². The first-order valence-electron chi connectivity index (χ1n) is 5.21. The van der Waals surface area contributed by atoms with Crippen LogP contribution in [0.3, 0.4) is 0 Å². The van der Waals surface area contributed by atoms with Crippen molar-refractivity contribution in [3.8, 4) is 10.6 Å². The van der Waals surface area contributed by atoms with Crippen molar-refractivity contribution in [1.29, 1.82) is 0 Å². The van der Waals surface area contributed by atoms with Crippen LogP contribution in [0.4, 0.5) is 0 Å². The molecule has 0 saturated heterocycles. The van der Waals surface area contributed by atoms with Crippen LogP contribution in [0.15, 0.2) is 5.38 Å². The Labute approximate surface area is 103 Å². The van der Waals surface area contributed by atoms with E-state index in [2.05, 4.69) is 22.3 Å². The van der Waals surface area contributed by atoms with Crippen LogP contribution in [0.5, 0.6) is 0 Å². The van der Waals surface area contributed by atoms with Gasteiger partial charge in [-0.25, -0.2) is 9.97 Å². The van der Waals surface area contributed by atoms with E-state index >= 15 is 0 Å². The molecule has 16 heavy (non-hydrogen) atoms. The highest BCUT2D eigenvalue weighted by molar-refractivity contribution is 7.16. The number of aryl methyl sites for hydroxylation is 2. The van der Waals surface area contributed by atoms with Gasteiger partial charge in [0.2, 0.25) is 0 Å². The third-order valence-electron chi connectivity index (χ3n) is 2.43. The van der Waals surface area contributed by atoms with Gasteiger partial charge >= 0.3 is 0 Å². The van der Waals surface area contributed by atoms with E-state index in [9.17, 15) is 0 Å². The number of nitrogens with two attached hydrogens (primary N) is 1. The molecule has 2 aromatic rings. The van der Waals surface area contributed by atoms with E-state index in [0.717, 1.165) is 21.4 Å². The van der Waals surface area contributed by atoms with E-state index in [0.29, 0.717) is 12.5 Å². The average Bonchev–Trinajstić information content (AvgIpc) is 2.83. The van der Waals surface area contributed by atoms with Crippen LogP contribution in [-0.2, 0) is 0 Å². The van der Waals surface area contributed by atoms with Gasteiger partial charge in [-0.1, -0.05) is 6.92 Å². The Morgan fingerprint density at radius 2 is 2.12 bits per heavy atom. The molecule has 2 aromatic heterocycles. The molecule has 0 aliphatic carbocycles. The average molecular weight is 253 g/mol. The Morgan fingerprint density at radius 1 is 1.38 bits per heavy atom. The minimum absolute atomic E-state index is 0.341. The minimum Gasteiger partial charge on any atom is -0.330 e. The fourth-order valence-corrected chi connectivity index (χ4v) is 3.33. The molecule has 86 valence electrons. The molecule has 0 aliphatic rings. The van der Waals surface area contributed by atoms with Crippen LogP contribution in [-0.4, -0.2) is 16.5 Å². The van der Waals surface area contributed by atoms with E-state index in [1.807, 2.05) is 13.8 Å². The molecule has 2 N–H and O–H groups in total. The molecule has 0 saturated carbocycles. The normalized spacial score (nSPS) is 13.0. The van der Waals surface area contributed by atoms with E-state index in [1.165, 1.54) is 4.88 Å². The molecule has 0 bridgehead atoms. The van der Waals surface area contributed by atoms with Crippen LogP contribution in [0, 0.1) is 13.8 Å². The number of aromatic nitrogens is 2. The van der Waals surface area contributed by atoms with Gasteiger partial charge in [-0.3, -0.25) is 0 Å². The third kappa shape index (κ3) is 2.16. The largest absolute Gasteiger partial charge is 0.330 e. The van der Waals surface area contributed by atoms with E-state index < -0.39 is 0 Å². The van der Waals surface area contributed by atoms with Gasteiger partial charge in [0.05, 0.1) is 26.3 Å². The number of hydrogen-bond acceptors (Lipinski definition) is 5. The Kier molecular flexibility index (Phi) is 3.37. The first-order valence-corrected chi connectivity index (χ1v) is 6.91. The second-order valence-corrected chi connectivity index (χ2v) is 5.95. The Balaban J connectivity index is 2.35. The summed E-state index contributed by atoms with van der Waals surface area (Å²) in [5.41, 5.74) is 7.76. The Hall–Kier alpha value is -0.780. The van der Waals surface area contributed by atoms with Gasteiger partial charge in [-0.05, 0) is 13.8 Å². The number of nitrogens with zero attached hydrogens (tertiary/aromatic N) is 2. The van der Waals surface area contributed by atoms with E-state index in [1.54, 1.807) is 22.7 Å². The SMILES string of the molecule is Cc1nc(C)c(-c2csc(C(C)CN)n2)s1. The van der Waals surface area contributed by atoms with Gasteiger partial charge in [-0.15, -0.1) is 22.7 Å². The molecule has 0 spiro atoms. The number of thiazole rings is 2. The number of hydrogen-bond donors (Lipinski definition) is 1. The zero-order chi connectivity index (χ0) is 11.7. The highest BCUT2D eigenvalue weighted by atomic mass is 32.1. The van der Waals surface area contributed by atoms with Crippen molar-refractivity contribution in [2.45, 2.75) is 26.7 Å². The molecule has 2 rings (SSSR count). The lowest BCUT2D eigenvalue weighted by Gasteiger charge is -2.01. The second kappa shape index (κ2) is 4.61. The molecular formula is C11H15N3S2. The molecule has 2 heterocycles. The van der Waals surface area contributed by atoms with Gasteiger partial charge in [0.15, 0.2) is 0 Å². The standard InChI is InChI=1S/C11H15N3S2/c1-6(4-12)11-14-9(5-15-11)10-7(2)13-8(3)16-10/h5-6H,4,12H2,1-3H3. The van der Waals surface area contributed by atoms with E-state index in [4.69, 9.17) is 5.73 Å². The first kappa shape index (κ1) is 11.7. The van der Waals surface area contributed by atoms with Gasteiger partial charge in [0, 0.05) is 17.8 Å². The maximum Gasteiger partial charge on any atom is 0.0973 e. The maximum atomic E-state index is 5.64.